The van der Waals surface area contributed by atoms with Crippen molar-refractivity contribution in [2.75, 3.05) is 7.11 Å². The molecule has 0 fully saturated rings. The first-order valence-electron chi connectivity index (χ1n) is 4.34. The van der Waals surface area contributed by atoms with Crippen LogP contribution in [-0.4, -0.2) is 24.1 Å². The summed E-state index contributed by atoms with van der Waals surface area (Å²) in [6.45, 7) is 4.18. The number of carbonyl (C=O) groups excluding carboxylic acids is 1. The summed E-state index contributed by atoms with van der Waals surface area (Å²) < 4.78 is 4.89. The standard InChI is InChI=1S/C9H14N2O2S/c1-6-8(14-5-11-6)4-10-9(12)7(2)13-3/h5,7H,4H2,1-3H3,(H,10,12). The predicted octanol–water partition coefficient (Wildman–Crippen LogP) is 1.10. The van der Waals surface area contributed by atoms with E-state index < -0.39 is 6.10 Å². The molecule has 14 heavy (non-hydrogen) atoms. The molecule has 1 amide bonds. The van der Waals surface area contributed by atoms with Gasteiger partial charge in [0.2, 0.25) is 5.91 Å². The van der Waals surface area contributed by atoms with Gasteiger partial charge in [-0.1, -0.05) is 0 Å². The zero-order valence-corrected chi connectivity index (χ0v) is 9.35. The normalized spacial score (nSPS) is 12.5. The molecule has 0 aliphatic heterocycles. The molecule has 1 heterocycles. The van der Waals surface area contributed by atoms with Crippen molar-refractivity contribution in [2.24, 2.45) is 0 Å². The third-order valence-electron chi connectivity index (χ3n) is 1.99. The van der Waals surface area contributed by atoms with Crippen LogP contribution in [0.2, 0.25) is 0 Å². The SMILES string of the molecule is COC(C)C(=O)NCc1scnc1C. The third kappa shape index (κ3) is 2.78. The lowest BCUT2D eigenvalue weighted by Gasteiger charge is -2.09. The minimum atomic E-state index is -0.400. The fourth-order valence-corrected chi connectivity index (χ4v) is 1.63. The Hall–Kier alpha value is -0.940. The van der Waals surface area contributed by atoms with E-state index in [4.69, 9.17) is 4.74 Å². The van der Waals surface area contributed by atoms with Crippen LogP contribution in [-0.2, 0) is 16.1 Å². The molecule has 1 N–H and O–H groups in total. The number of ether oxygens (including phenoxy) is 1. The topological polar surface area (TPSA) is 51.2 Å². The summed E-state index contributed by atoms with van der Waals surface area (Å²) >= 11 is 1.54. The van der Waals surface area contributed by atoms with Crippen molar-refractivity contribution in [3.8, 4) is 0 Å². The molecule has 5 heteroatoms. The first-order chi connectivity index (χ1) is 6.65. The van der Waals surface area contributed by atoms with Crippen LogP contribution in [0, 0.1) is 6.92 Å². The molecule has 0 aliphatic carbocycles. The van der Waals surface area contributed by atoms with E-state index in [1.807, 2.05) is 6.92 Å². The van der Waals surface area contributed by atoms with Crippen molar-refractivity contribution in [3.63, 3.8) is 0 Å². The van der Waals surface area contributed by atoms with Crippen LogP contribution in [0.4, 0.5) is 0 Å². The summed E-state index contributed by atoms with van der Waals surface area (Å²) in [6.07, 6.45) is -0.400. The van der Waals surface area contributed by atoms with Crippen molar-refractivity contribution in [2.45, 2.75) is 26.5 Å². The minimum absolute atomic E-state index is 0.0969. The van der Waals surface area contributed by atoms with Gasteiger partial charge in [-0.05, 0) is 13.8 Å². The van der Waals surface area contributed by atoms with Gasteiger partial charge in [0.05, 0.1) is 17.7 Å². The minimum Gasteiger partial charge on any atom is -0.372 e. The van der Waals surface area contributed by atoms with Gasteiger partial charge in [0.1, 0.15) is 6.10 Å². The summed E-state index contributed by atoms with van der Waals surface area (Å²) in [6, 6.07) is 0. The second-order valence-corrected chi connectivity index (χ2v) is 3.90. The molecular formula is C9H14N2O2S. The van der Waals surface area contributed by atoms with Crippen LogP contribution < -0.4 is 5.32 Å². The number of nitrogens with one attached hydrogen (secondary N) is 1. The number of carbonyl (C=O) groups is 1. The Morgan fingerprint density at radius 1 is 1.79 bits per heavy atom. The number of rotatable bonds is 4. The van der Waals surface area contributed by atoms with E-state index in [1.165, 1.54) is 7.11 Å². The van der Waals surface area contributed by atoms with Gasteiger partial charge in [-0.2, -0.15) is 0 Å². The monoisotopic (exact) mass is 214 g/mol. The van der Waals surface area contributed by atoms with Crippen molar-refractivity contribution >= 4 is 17.2 Å². The number of aromatic nitrogens is 1. The predicted molar refractivity (Wildman–Crippen MR) is 55.2 cm³/mol. The number of thiazole rings is 1. The molecule has 0 aliphatic rings. The molecule has 78 valence electrons. The zero-order valence-electron chi connectivity index (χ0n) is 8.53. The Labute approximate surface area is 87.3 Å². The molecule has 1 aromatic heterocycles. The molecule has 1 unspecified atom stereocenters. The lowest BCUT2D eigenvalue weighted by molar-refractivity contribution is -0.130. The van der Waals surface area contributed by atoms with E-state index in [-0.39, 0.29) is 5.91 Å². The van der Waals surface area contributed by atoms with Gasteiger partial charge in [0.15, 0.2) is 0 Å². The van der Waals surface area contributed by atoms with E-state index >= 15 is 0 Å². The van der Waals surface area contributed by atoms with E-state index in [2.05, 4.69) is 10.3 Å². The molecule has 4 nitrogen and oxygen atoms in total. The summed E-state index contributed by atoms with van der Waals surface area (Å²) in [4.78, 5) is 16.5. The van der Waals surface area contributed by atoms with Gasteiger partial charge in [0, 0.05) is 12.0 Å². The molecule has 0 saturated heterocycles. The van der Waals surface area contributed by atoms with Crippen LogP contribution in [0.25, 0.3) is 0 Å². The molecule has 0 saturated carbocycles. The van der Waals surface area contributed by atoms with Crippen LogP contribution in [0.5, 0.6) is 0 Å². The molecule has 1 aromatic rings. The third-order valence-corrected chi connectivity index (χ3v) is 2.93. The van der Waals surface area contributed by atoms with Crippen LogP contribution in [0.3, 0.4) is 0 Å². The van der Waals surface area contributed by atoms with Crippen LogP contribution in [0.15, 0.2) is 5.51 Å². The van der Waals surface area contributed by atoms with Gasteiger partial charge in [-0.3, -0.25) is 4.79 Å². The van der Waals surface area contributed by atoms with E-state index in [0.29, 0.717) is 6.54 Å². The Kier molecular flexibility index (Phi) is 4.03. The van der Waals surface area contributed by atoms with Crippen molar-refractivity contribution in [3.05, 3.63) is 16.1 Å². The van der Waals surface area contributed by atoms with Gasteiger partial charge in [0.25, 0.3) is 0 Å². The number of nitrogens with zero attached hydrogens (tertiary/aromatic N) is 1. The number of hydrogen-bond acceptors (Lipinski definition) is 4. The van der Waals surface area contributed by atoms with Crippen molar-refractivity contribution in [1.82, 2.24) is 10.3 Å². The van der Waals surface area contributed by atoms with Crippen LogP contribution >= 0.6 is 11.3 Å². The molecule has 1 atom stereocenters. The number of hydrogen-bond donors (Lipinski definition) is 1. The molecule has 0 spiro atoms. The van der Waals surface area contributed by atoms with Gasteiger partial charge in [-0.15, -0.1) is 11.3 Å². The number of aryl methyl sites for hydroxylation is 1. The molecule has 0 aromatic carbocycles. The summed E-state index contributed by atoms with van der Waals surface area (Å²) in [7, 11) is 1.52. The average Bonchev–Trinajstić information content (AvgIpc) is 2.59. The maximum atomic E-state index is 11.3. The zero-order chi connectivity index (χ0) is 10.6. The lowest BCUT2D eigenvalue weighted by Crippen LogP contribution is -2.33. The Balaban J connectivity index is 2.41. The summed E-state index contributed by atoms with van der Waals surface area (Å²) in [5.74, 6) is -0.0969. The van der Waals surface area contributed by atoms with Crippen molar-refractivity contribution < 1.29 is 9.53 Å². The second kappa shape index (κ2) is 5.07. The molecule has 1 rings (SSSR count). The Morgan fingerprint density at radius 3 is 3.00 bits per heavy atom. The van der Waals surface area contributed by atoms with E-state index in [1.54, 1.807) is 23.8 Å². The van der Waals surface area contributed by atoms with Gasteiger partial charge in [-0.25, -0.2) is 4.98 Å². The molecule has 0 radical (unpaired) electrons. The molecular weight excluding hydrogens is 200 g/mol. The summed E-state index contributed by atoms with van der Waals surface area (Å²) in [5, 5.41) is 2.78. The first kappa shape index (κ1) is 11.1. The largest absolute Gasteiger partial charge is 0.372 e. The quantitative estimate of drug-likeness (QED) is 0.816. The fourth-order valence-electron chi connectivity index (χ4n) is 0.914. The first-order valence-corrected chi connectivity index (χ1v) is 5.22. The number of methoxy groups -OCH3 is 1. The highest BCUT2D eigenvalue weighted by molar-refractivity contribution is 7.09. The Bertz CT molecular complexity index is 312. The maximum Gasteiger partial charge on any atom is 0.249 e. The van der Waals surface area contributed by atoms with E-state index in [0.717, 1.165) is 10.6 Å². The maximum absolute atomic E-state index is 11.3. The van der Waals surface area contributed by atoms with Crippen molar-refractivity contribution in [1.29, 1.82) is 0 Å². The summed E-state index contributed by atoms with van der Waals surface area (Å²) in [5.41, 5.74) is 2.75. The second-order valence-electron chi connectivity index (χ2n) is 2.96. The lowest BCUT2D eigenvalue weighted by atomic mass is 10.3. The van der Waals surface area contributed by atoms with Gasteiger partial charge < -0.3 is 10.1 Å². The average molecular weight is 214 g/mol. The number of amides is 1. The van der Waals surface area contributed by atoms with Gasteiger partial charge >= 0.3 is 0 Å². The fraction of sp³-hybridized carbons (Fsp3) is 0.556. The Morgan fingerprint density at radius 2 is 2.50 bits per heavy atom. The van der Waals surface area contributed by atoms with E-state index in [9.17, 15) is 4.79 Å². The molecule has 0 bridgehead atoms. The van der Waals surface area contributed by atoms with Crippen LogP contribution in [0.1, 0.15) is 17.5 Å². The highest BCUT2D eigenvalue weighted by Crippen LogP contribution is 2.11. The highest BCUT2D eigenvalue weighted by Gasteiger charge is 2.11. The highest BCUT2D eigenvalue weighted by atomic mass is 32.1. The smallest absolute Gasteiger partial charge is 0.249 e.